The van der Waals surface area contributed by atoms with Crippen LogP contribution in [0.15, 0.2) is 50.9 Å². The molecule has 0 spiro atoms. The number of benzene rings is 1. The van der Waals surface area contributed by atoms with E-state index in [2.05, 4.69) is 31.8 Å². The molecule has 0 bridgehead atoms. The molecule has 0 saturated heterocycles. The maximum Gasteiger partial charge on any atom is 0.416 e. The highest BCUT2D eigenvalue weighted by Crippen LogP contribution is 2.30. The minimum Gasteiger partial charge on any atom is -0.308 e. The number of carbonyl (C=O) groups excluding carboxylic acids is 1. The number of alkyl halides is 3. The molecule has 0 atom stereocenters. The van der Waals surface area contributed by atoms with Crippen LogP contribution < -0.4 is 15.3 Å². The Morgan fingerprint density at radius 2 is 2.12 bits per heavy atom. The van der Waals surface area contributed by atoms with Crippen molar-refractivity contribution in [2.75, 3.05) is 10.6 Å². The number of nitrogens with one attached hydrogen (secondary N) is 2. The molecule has 0 aliphatic heterocycles. The summed E-state index contributed by atoms with van der Waals surface area (Å²) < 4.78 is 45.5. The molecule has 26 heavy (non-hydrogen) atoms. The first-order valence-corrected chi connectivity index (χ1v) is 8.81. The Balaban J connectivity index is 1.60. The van der Waals surface area contributed by atoms with E-state index in [1.165, 1.54) is 34.3 Å². The Labute approximate surface area is 157 Å². The van der Waals surface area contributed by atoms with Gasteiger partial charge in [-0.15, -0.1) is 11.3 Å². The summed E-state index contributed by atoms with van der Waals surface area (Å²) in [5, 5.41) is 10.4. The van der Waals surface area contributed by atoms with E-state index < -0.39 is 17.8 Å². The second kappa shape index (κ2) is 7.46. The lowest BCUT2D eigenvalue weighted by atomic mass is 10.2. The highest BCUT2D eigenvalue weighted by molar-refractivity contribution is 9.10. The molecule has 3 rings (SSSR count). The number of halogens is 4. The van der Waals surface area contributed by atoms with E-state index in [1.807, 2.05) is 11.4 Å². The third-order valence-corrected chi connectivity index (χ3v) is 4.82. The van der Waals surface area contributed by atoms with Gasteiger partial charge in [-0.05, 0) is 44.9 Å². The molecule has 0 saturated carbocycles. The zero-order valence-electron chi connectivity index (χ0n) is 12.9. The highest BCUT2D eigenvalue weighted by Gasteiger charge is 2.30. The number of thiophene rings is 1. The zero-order valence-corrected chi connectivity index (χ0v) is 15.3. The summed E-state index contributed by atoms with van der Waals surface area (Å²) in [6.07, 6.45) is -3.01. The first kappa shape index (κ1) is 18.4. The fraction of sp³-hybridized carbons (Fsp3) is 0.133. The SMILES string of the molecule is O=C(Nc1cccc(C(F)(F)F)c1)Nc1c[n+](Cc2cc(Br)cs2)no1. The minimum atomic E-state index is -4.48. The summed E-state index contributed by atoms with van der Waals surface area (Å²) in [5.41, 5.74) is -0.844. The predicted octanol–water partition coefficient (Wildman–Crippen LogP) is 4.50. The van der Waals surface area contributed by atoms with Crippen LogP contribution in [0.4, 0.5) is 29.5 Å². The van der Waals surface area contributed by atoms with Crippen LogP contribution in [0, 0.1) is 0 Å². The summed E-state index contributed by atoms with van der Waals surface area (Å²) >= 11 is 4.89. The second-order valence-corrected chi connectivity index (χ2v) is 7.06. The number of carbonyl (C=O) groups is 1. The largest absolute Gasteiger partial charge is 0.416 e. The van der Waals surface area contributed by atoms with E-state index >= 15 is 0 Å². The molecule has 0 fully saturated rings. The van der Waals surface area contributed by atoms with Gasteiger partial charge in [0.15, 0.2) is 0 Å². The fourth-order valence-electron chi connectivity index (χ4n) is 2.05. The summed E-state index contributed by atoms with van der Waals surface area (Å²) in [6, 6.07) is 5.51. The molecule has 0 aliphatic rings. The van der Waals surface area contributed by atoms with Gasteiger partial charge in [0.1, 0.15) is 0 Å². The number of amides is 2. The van der Waals surface area contributed by atoms with Gasteiger partial charge in [-0.1, -0.05) is 6.07 Å². The first-order valence-electron chi connectivity index (χ1n) is 7.14. The molecule has 0 aliphatic carbocycles. The Kier molecular flexibility index (Phi) is 5.28. The smallest absolute Gasteiger partial charge is 0.308 e. The van der Waals surface area contributed by atoms with Gasteiger partial charge in [-0.3, -0.25) is 9.84 Å². The van der Waals surface area contributed by atoms with Crippen molar-refractivity contribution in [1.82, 2.24) is 5.27 Å². The van der Waals surface area contributed by atoms with Crippen molar-refractivity contribution in [2.24, 2.45) is 0 Å². The molecule has 0 unspecified atom stereocenters. The maximum atomic E-state index is 12.7. The minimum absolute atomic E-state index is 0.00755. The van der Waals surface area contributed by atoms with Crippen LogP contribution in [0.5, 0.6) is 0 Å². The molecule has 2 aromatic heterocycles. The van der Waals surface area contributed by atoms with Crippen molar-refractivity contribution >= 4 is 44.9 Å². The molecule has 2 amide bonds. The van der Waals surface area contributed by atoms with Gasteiger partial charge in [0.25, 0.3) is 6.20 Å². The van der Waals surface area contributed by atoms with Crippen LogP contribution in [-0.4, -0.2) is 11.3 Å². The van der Waals surface area contributed by atoms with Crippen LogP contribution in [0.3, 0.4) is 0 Å². The van der Waals surface area contributed by atoms with Crippen molar-refractivity contribution in [2.45, 2.75) is 12.7 Å². The van der Waals surface area contributed by atoms with Crippen LogP contribution in [-0.2, 0) is 12.7 Å². The fourth-order valence-corrected chi connectivity index (χ4v) is 3.49. The van der Waals surface area contributed by atoms with E-state index in [0.29, 0.717) is 6.54 Å². The Hall–Kier alpha value is -2.40. The van der Waals surface area contributed by atoms with Crippen LogP contribution >= 0.6 is 27.3 Å². The van der Waals surface area contributed by atoms with E-state index in [9.17, 15) is 18.0 Å². The van der Waals surface area contributed by atoms with Gasteiger partial charge in [0.05, 0.1) is 10.4 Å². The molecule has 3 aromatic rings. The third kappa shape index (κ3) is 4.82. The van der Waals surface area contributed by atoms with Crippen LogP contribution in [0.25, 0.3) is 0 Å². The number of hydrogen-bond acceptors (Lipinski definition) is 4. The van der Waals surface area contributed by atoms with Gasteiger partial charge < -0.3 is 5.32 Å². The molecule has 6 nitrogen and oxygen atoms in total. The predicted molar refractivity (Wildman–Crippen MR) is 91.9 cm³/mol. The molecule has 0 radical (unpaired) electrons. The standard InChI is InChI=1S/C15H10BrF3N4O2S/c16-10-5-12(26-8-10)6-23-7-13(25-22-23)21-14(24)20-11-3-1-2-9(4-11)15(17,18)19/h1-5,7-8H,6H2,(H-,20,21,22,24)/p+1. The lowest BCUT2D eigenvalue weighted by Gasteiger charge is -2.09. The molecular formula is C15H11BrF3N4O2S+. The Morgan fingerprint density at radius 3 is 2.81 bits per heavy atom. The van der Waals surface area contributed by atoms with E-state index in [1.54, 1.807) is 0 Å². The highest BCUT2D eigenvalue weighted by atomic mass is 79.9. The van der Waals surface area contributed by atoms with Crippen molar-refractivity contribution in [3.05, 3.63) is 56.8 Å². The molecular weight excluding hydrogens is 437 g/mol. The Morgan fingerprint density at radius 1 is 1.31 bits per heavy atom. The van der Waals surface area contributed by atoms with Gasteiger partial charge >= 0.3 is 18.1 Å². The van der Waals surface area contributed by atoms with Gasteiger partial charge in [-0.2, -0.15) is 13.2 Å². The maximum absolute atomic E-state index is 12.7. The van der Waals surface area contributed by atoms with Crippen molar-refractivity contribution in [3.8, 4) is 0 Å². The van der Waals surface area contributed by atoms with Crippen molar-refractivity contribution in [1.29, 1.82) is 0 Å². The van der Waals surface area contributed by atoms with Crippen molar-refractivity contribution < 1.29 is 27.2 Å². The first-order chi connectivity index (χ1) is 12.3. The van der Waals surface area contributed by atoms with Gasteiger partial charge in [-0.25, -0.2) is 4.79 Å². The van der Waals surface area contributed by atoms with E-state index in [-0.39, 0.29) is 11.6 Å². The van der Waals surface area contributed by atoms with Gasteiger partial charge in [0, 0.05) is 15.5 Å². The van der Waals surface area contributed by atoms with Crippen LogP contribution in [0.2, 0.25) is 0 Å². The normalized spacial score (nSPS) is 11.4. The van der Waals surface area contributed by atoms with E-state index in [0.717, 1.165) is 21.5 Å². The second-order valence-electron chi connectivity index (χ2n) is 5.15. The molecule has 2 heterocycles. The van der Waals surface area contributed by atoms with Gasteiger partial charge in [0.2, 0.25) is 11.8 Å². The topological polar surface area (TPSA) is 71.0 Å². The summed E-state index contributed by atoms with van der Waals surface area (Å²) in [6.45, 7) is 0.455. The monoisotopic (exact) mass is 447 g/mol. The Bertz CT molecular complexity index is 926. The molecule has 1 aromatic carbocycles. The quantitative estimate of drug-likeness (QED) is 0.578. The van der Waals surface area contributed by atoms with Crippen molar-refractivity contribution in [3.63, 3.8) is 0 Å². The summed E-state index contributed by atoms with van der Waals surface area (Å²) in [7, 11) is 0. The van der Waals surface area contributed by atoms with E-state index in [4.69, 9.17) is 4.52 Å². The molecule has 2 N–H and O–H groups in total. The van der Waals surface area contributed by atoms with Crippen LogP contribution in [0.1, 0.15) is 10.4 Å². The zero-order chi connectivity index (χ0) is 18.7. The number of anilines is 2. The number of rotatable bonds is 4. The summed E-state index contributed by atoms with van der Waals surface area (Å²) in [4.78, 5) is 12.9. The number of nitrogens with zero attached hydrogens (tertiary/aromatic N) is 2. The third-order valence-electron chi connectivity index (χ3n) is 3.13. The number of hydrogen-bond donors (Lipinski definition) is 2. The number of urea groups is 1. The lowest BCUT2D eigenvalue weighted by molar-refractivity contribution is -0.754. The average molecular weight is 448 g/mol. The average Bonchev–Trinajstić information content (AvgIpc) is 3.16. The molecule has 11 heteroatoms. The lowest BCUT2D eigenvalue weighted by Crippen LogP contribution is -2.34. The molecule has 136 valence electrons. The number of aromatic nitrogens is 2. The summed E-state index contributed by atoms with van der Waals surface area (Å²) in [5.74, 6) is 0.0603.